The summed E-state index contributed by atoms with van der Waals surface area (Å²) >= 11 is 0. The van der Waals surface area contributed by atoms with Gasteiger partial charge in [-0.3, -0.25) is 9.78 Å². The molecule has 26 heavy (non-hydrogen) atoms. The van der Waals surface area contributed by atoms with Gasteiger partial charge < -0.3 is 15.4 Å². The van der Waals surface area contributed by atoms with E-state index >= 15 is 0 Å². The first-order valence-corrected chi connectivity index (χ1v) is 7.94. The minimum Gasteiger partial charge on any atom is -0.465 e. The highest BCUT2D eigenvalue weighted by Crippen LogP contribution is 2.19. The molecule has 0 radical (unpaired) electrons. The van der Waals surface area contributed by atoms with Crippen LogP contribution in [0.4, 0.5) is 17.1 Å². The fourth-order valence-electron chi connectivity index (χ4n) is 2.39. The molecular formula is C20H17N3O3. The smallest absolute Gasteiger partial charge is 0.339 e. The highest BCUT2D eigenvalue weighted by molar-refractivity contribution is 6.07. The van der Waals surface area contributed by atoms with Crippen LogP contribution in [0.15, 0.2) is 72.9 Å². The number of ether oxygens (including phenoxy) is 1. The number of pyridine rings is 1. The number of aromatic nitrogens is 1. The van der Waals surface area contributed by atoms with E-state index < -0.39 is 11.9 Å². The average molecular weight is 347 g/mol. The van der Waals surface area contributed by atoms with Crippen LogP contribution in [0.1, 0.15) is 20.8 Å². The number of benzene rings is 2. The van der Waals surface area contributed by atoms with Gasteiger partial charge in [-0.2, -0.15) is 0 Å². The Morgan fingerprint density at radius 3 is 2.42 bits per heavy atom. The third-order valence-corrected chi connectivity index (χ3v) is 3.64. The number of para-hydroxylation sites is 2. The third kappa shape index (κ3) is 4.05. The van der Waals surface area contributed by atoms with Crippen molar-refractivity contribution in [3.8, 4) is 0 Å². The first-order valence-electron chi connectivity index (χ1n) is 7.94. The van der Waals surface area contributed by atoms with Crippen LogP contribution in [-0.2, 0) is 4.74 Å². The molecule has 2 N–H and O–H groups in total. The van der Waals surface area contributed by atoms with Gasteiger partial charge in [-0.25, -0.2) is 4.79 Å². The van der Waals surface area contributed by atoms with E-state index in [4.69, 9.17) is 4.74 Å². The number of rotatable bonds is 5. The van der Waals surface area contributed by atoms with E-state index in [9.17, 15) is 9.59 Å². The molecular weight excluding hydrogens is 330 g/mol. The summed E-state index contributed by atoms with van der Waals surface area (Å²) in [4.78, 5) is 28.4. The second-order valence-electron chi connectivity index (χ2n) is 5.41. The van der Waals surface area contributed by atoms with Gasteiger partial charge in [0.2, 0.25) is 0 Å². The van der Waals surface area contributed by atoms with E-state index in [-0.39, 0.29) is 11.3 Å². The van der Waals surface area contributed by atoms with Gasteiger partial charge in [0.05, 0.1) is 18.4 Å². The Morgan fingerprint density at radius 1 is 0.923 bits per heavy atom. The molecule has 0 spiro atoms. The summed E-state index contributed by atoms with van der Waals surface area (Å²) in [5.74, 6) is -0.939. The molecule has 0 aliphatic rings. The van der Waals surface area contributed by atoms with Crippen molar-refractivity contribution in [2.75, 3.05) is 17.7 Å². The van der Waals surface area contributed by atoms with Gasteiger partial charge in [0.15, 0.2) is 0 Å². The van der Waals surface area contributed by atoms with Crippen molar-refractivity contribution in [3.05, 3.63) is 84.2 Å². The zero-order valence-electron chi connectivity index (χ0n) is 14.1. The summed E-state index contributed by atoms with van der Waals surface area (Å²) in [5, 5.41) is 5.91. The molecule has 1 heterocycles. The molecule has 0 unspecified atom stereocenters. The second kappa shape index (κ2) is 7.94. The van der Waals surface area contributed by atoms with Crippen LogP contribution in [0, 0.1) is 0 Å². The summed E-state index contributed by atoms with van der Waals surface area (Å²) in [6, 6.07) is 19.7. The van der Waals surface area contributed by atoms with Crippen LogP contribution >= 0.6 is 0 Å². The van der Waals surface area contributed by atoms with Gasteiger partial charge in [0.1, 0.15) is 5.69 Å². The Kier molecular flexibility index (Phi) is 5.24. The van der Waals surface area contributed by atoms with Crippen molar-refractivity contribution in [1.82, 2.24) is 4.98 Å². The van der Waals surface area contributed by atoms with Crippen molar-refractivity contribution in [3.63, 3.8) is 0 Å². The standard InChI is InChI=1S/C20H17N3O3/c1-26-20(25)16-9-5-6-10-17(16)23-19(24)18-13-15(11-12-21-18)22-14-7-3-2-4-8-14/h2-13H,1H3,(H,21,22)(H,23,24). The lowest BCUT2D eigenvalue weighted by Crippen LogP contribution is -2.16. The van der Waals surface area contributed by atoms with Crippen molar-refractivity contribution < 1.29 is 14.3 Å². The Morgan fingerprint density at radius 2 is 1.65 bits per heavy atom. The van der Waals surface area contributed by atoms with Gasteiger partial charge >= 0.3 is 5.97 Å². The molecule has 3 rings (SSSR count). The number of methoxy groups -OCH3 is 1. The van der Waals surface area contributed by atoms with Gasteiger partial charge in [0, 0.05) is 17.6 Å². The van der Waals surface area contributed by atoms with Crippen LogP contribution in [0.3, 0.4) is 0 Å². The maximum Gasteiger partial charge on any atom is 0.339 e. The Hall–Kier alpha value is -3.67. The number of nitrogens with zero attached hydrogens (tertiary/aromatic N) is 1. The number of esters is 1. The molecule has 0 atom stereocenters. The SMILES string of the molecule is COC(=O)c1ccccc1NC(=O)c1cc(Nc2ccccc2)ccn1. The molecule has 0 aliphatic heterocycles. The topological polar surface area (TPSA) is 80.3 Å². The molecule has 1 amide bonds. The number of amides is 1. The number of anilines is 3. The molecule has 0 bridgehead atoms. The van der Waals surface area contributed by atoms with E-state index in [1.807, 2.05) is 30.3 Å². The van der Waals surface area contributed by atoms with Crippen molar-refractivity contribution in [2.45, 2.75) is 0 Å². The third-order valence-electron chi connectivity index (χ3n) is 3.64. The maximum atomic E-state index is 12.5. The molecule has 0 saturated carbocycles. The number of nitrogens with one attached hydrogen (secondary N) is 2. The molecule has 6 heteroatoms. The van der Waals surface area contributed by atoms with Gasteiger partial charge in [-0.1, -0.05) is 30.3 Å². The van der Waals surface area contributed by atoms with Crippen LogP contribution in [0.5, 0.6) is 0 Å². The minimum atomic E-state index is -0.520. The predicted octanol–water partition coefficient (Wildman–Crippen LogP) is 3.86. The van der Waals surface area contributed by atoms with E-state index in [1.54, 1.807) is 42.6 Å². The highest BCUT2D eigenvalue weighted by Gasteiger charge is 2.15. The average Bonchev–Trinajstić information content (AvgIpc) is 2.69. The Balaban J connectivity index is 1.79. The van der Waals surface area contributed by atoms with Gasteiger partial charge in [-0.15, -0.1) is 0 Å². The molecule has 2 aromatic carbocycles. The summed E-state index contributed by atoms with van der Waals surface area (Å²) in [7, 11) is 1.29. The summed E-state index contributed by atoms with van der Waals surface area (Å²) in [5.41, 5.74) is 2.51. The number of hydrogen-bond acceptors (Lipinski definition) is 5. The lowest BCUT2D eigenvalue weighted by molar-refractivity contribution is 0.0602. The van der Waals surface area contributed by atoms with Crippen LogP contribution in [0.25, 0.3) is 0 Å². The quantitative estimate of drug-likeness (QED) is 0.685. The molecule has 3 aromatic rings. The van der Waals surface area contributed by atoms with Crippen LogP contribution in [0.2, 0.25) is 0 Å². The van der Waals surface area contributed by atoms with Crippen molar-refractivity contribution in [1.29, 1.82) is 0 Å². The fourth-order valence-corrected chi connectivity index (χ4v) is 2.39. The van der Waals surface area contributed by atoms with Crippen LogP contribution in [-0.4, -0.2) is 24.0 Å². The van der Waals surface area contributed by atoms with E-state index in [0.29, 0.717) is 5.69 Å². The molecule has 6 nitrogen and oxygen atoms in total. The lowest BCUT2D eigenvalue weighted by Gasteiger charge is -2.10. The maximum absolute atomic E-state index is 12.5. The zero-order chi connectivity index (χ0) is 18.4. The monoisotopic (exact) mass is 347 g/mol. The van der Waals surface area contributed by atoms with Gasteiger partial charge in [-0.05, 0) is 36.4 Å². The van der Waals surface area contributed by atoms with E-state index in [1.165, 1.54) is 7.11 Å². The first-order chi connectivity index (χ1) is 12.7. The lowest BCUT2D eigenvalue weighted by atomic mass is 10.1. The van der Waals surface area contributed by atoms with E-state index in [0.717, 1.165) is 11.4 Å². The van der Waals surface area contributed by atoms with Crippen LogP contribution < -0.4 is 10.6 Å². The second-order valence-corrected chi connectivity index (χ2v) is 5.41. The summed E-state index contributed by atoms with van der Waals surface area (Å²) < 4.78 is 4.73. The Labute approximate surface area is 150 Å². The highest BCUT2D eigenvalue weighted by atomic mass is 16.5. The minimum absolute atomic E-state index is 0.227. The van der Waals surface area contributed by atoms with Crippen molar-refractivity contribution >= 4 is 28.9 Å². The molecule has 0 saturated heterocycles. The normalized spacial score (nSPS) is 10.0. The first kappa shape index (κ1) is 17.2. The predicted molar refractivity (Wildman–Crippen MR) is 99.7 cm³/mol. The molecule has 130 valence electrons. The number of hydrogen-bond donors (Lipinski definition) is 2. The molecule has 0 fully saturated rings. The largest absolute Gasteiger partial charge is 0.465 e. The molecule has 1 aromatic heterocycles. The Bertz CT molecular complexity index is 926. The van der Waals surface area contributed by atoms with Gasteiger partial charge in [0.25, 0.3) is 5.91 Å². The zero-order valence-corrected chi connectivity index (χ0v) is 14.1. The number of carbonyl (C=O) groups excluding carboxylic acids is 2. The summed E-state index contributed by atoms with van der Waals surface area (Å²) in [6.45, 7) is 0. The van der Waals surface area contributed by atoms with E-state index in [2.05, 4.69) is 15.6 Å². The number of carbonyl (C=O) groups is 2. The van der Waals surface area contributed by atoms with Crippen molar-refractivity contribution in [2.24, 2.45) is 0 Å². The summed E-state index contributed by atoms with van der Waals surface area (Å²) in [6.07, 6.45) is 1.55. The fraction of sp³-hybridized carbons (Fsp3) is 0.0500. The molecule has 0 aliphatic carbocycles.